The van der Waals surface area contributed by atoms with Gasteiger partial charge < -0.3 is 10.1 Å². The van der Waals surface area contributed by atoms with Gasteiger partial charge in [0.1, 0.15) is 0 Å². The number of rotatable bonds is 6. The smallest absolute Gasteiger partial charge is 0.0707 e. The molecule has 1 N–H and O–H groups in total. The molecule has 3 atom stereocenters. The molecule has 2 heterocycles. The van der Waals surface area contributed by atoms with Crippen molar-refractivity contribution in [3.05, 3.63) is 0 Å². The van der Waals surface area contributed by atoms with Crippen molar-refractivity contribution in [2.45, 2.75) is 44.4 Å². The number of nitrogens with one attached hydrogen (secondary N) is 1. The second kappa shape index (κ2) is 6.98. The van der Waals surface area contributed by atoms with E-state index in [1.54, 1.807) is 0 Å². The van der Waals surface area contributed by atoms with Crippen molar-refractivity contribution in [3.63, 3.8) is 0 Å². The van der Waals surface area contributed by atoms with E-state index in [1.807, 2.05) is 0 Å². The second-order valence-electron chi connectivity index (χ2n) is 5.22. The van der Waals surface area contributed by atoms with Crippen LogP contribution in [0.2, 0.25) is 0 Å². The van der Waals surface area contributed by atoms with Crippen molar-refractivity contribution < 1.29 is 4.74 Å². The number of ether oxygens (including phenoxy) is 1. The molecule has 0 saturated carbocycles. The van der Waals surface area contributed by atoms with Crippen LogP contribution in [-0.4, -0.2) is 61.3 Å². The summed E-state index contributed by atoms with van der Waals surface area (Å²) in [5, 5.41) is 3.38. The summed E-state index contributed by atoms with van der Waals surface area (Å²) in [6.45, 7) is 5.34. The van der Waals surface area contributed by atoms with Crippen LogP contribution in [0.3, 0.4) is 0 Å². The summed E-state index contributed by atoms with van der Waals surface area (Å²) >= 11 is 2.09. The Kier molecular flexibility index (Phi) is 5.60. The van der Waals surface area contributed by atoms with Crippen LogP contribution in [0.15, 0.2) is 0 Å². The lowest BCUT2D eigenvalue weighted by Gasteiger charge is -2.26. The molecule has 0 aromatic carbocycles. The maximum absolute atomic E-state index is 6.08. The minimum absolute atomic E-state index is 0.450. The zero-order chi connectivity index (χ0) is 12.1. The minimum atomic E-state index is 0.450. The third-order valence-corrected chi connectivity index (χ3v) is 4.98. The molecule has 0 radical (unpaired) electrons. The molecule has 2 aliphatic heterocycles. The summed E-state index contributed by atoms with van der Waals surface area (Å²) in [5.74, 6) is 2.65. The lowest BCUT2D eigenvalue weighted by molar-refractivity contribution is 0.0226. The zero-order valence-corrected chi connectivity index (χ0v) is 12.0. The second-order valence-corrected chi connectivity index (χ2v) is 6.37. The molecule has 2 rings (SSSR count). The van der Waals surface area contributed by atoms with E-state index in [0.29, 0.717) is 12.2 Å². The molecule has 0 aromatic rings. The Hall–Kier alpha value is 0.230. The first-order chi connectivity index (χ1) is 8.29. The lowest BCUT2D eigenvalue weighted by atomic mass is 10.1. The quantitative estimate of drug-likeness (QED) is 0.782. The third kappa shape index (κ3) is 4.12. The standard InChI is InChI=1S/C13H26N2OS/c1-3-14-8-12-4-5-13(16-12)9-15(2)11-6-7-17-10-11/h11-14H,3-10H2,1-2H3. The van der Waals surface area contributed by atoms with E-state index in [0.717, 1.165) is 25.7 Å². The van der Waals surface area contributed by atoms with Crippen molar-refractivity contribution in [1.82, 2.24) is 10.2 Å². The average molecular weight is 258 g/mol. The van der Waals surface area contributed by atoms with Gasteiger partial charge in [0, 0.05) is 24.9 Å². The Morgan fingerprint density at radius 1 is 1.29 bits per heavy atom. The predicted molar refractivity (Wildman–Crippen MR) is 74.8 cm³/mol. The highest BCUT2D eigenvalue weighted by molar-refractivity contribution is 7.99. The number of hydrogen-bond acceptors (Lipinski definition) is 4. The van der Waals surface area contributed by atoms with Crippen molar-refractivity contribution in [1.29, 1.82) is 0 Å². The molecular weight excluding hydrogens is 232 g/mol. The van der Waals surface area contributed by atoms with E-state index in [9.17, 15) is 0 Å². The molecule has 0 spiro atoms. The van der Waals surface area contributed by atoms with Crippen molar-refractivity contribution >= 4 is 11.8 Å². The first kappa shape index (κ1) is 13.7. The molecule has 17 heavy (non-hydrogen) atoms. The van der Waals surface area contributed by atoms with Crippen LogP contribution in [0.5, 0.6) is 0 Å². The molecule has 0 aliphatic carbocycles. The maximum Gasteiger partial charge on any atom is 0.0707 e. The van der Waals surface area contributed by atoms with Gasteiger partial charge in [-0.15, -0.1) is 0 Å². The van der Waals surface area contributed by atoms with Crippen molar-refractivity contribution in [2.24, 2.45) is 0 Å². The summed E-state index contributed by atoms with van der Waals surface area (Å²) in [6, 6.07) is 0.788. The van der Waals surface area contributed by atoms with Crippen LogP contribution in [-0.2, 0) is 4.74 Å². The van der Waals surface area contributed by atoms with E-state index in [-0.39, 0.29) is 0 Å². The zero-order valence-electron chi connectivity index (χ0n) is 11.2. The summed E-state index contributed by atoms with van der Waals surface area (Å²) in [5.41, 5.74) is 0. The van der Waals surface area contributed by atoms with Crippen LogP contribution in [0, 0.1) is 0 Å². The molecular formula is C13H26N2OS. The van der Waals surface area contributed by atoms with Gasteiger partial charge in [-0.2, -0.15) is 11.8 Å². The van der Waals surface area contributed by atoms with Gasteiger partial charge in [0.25, 0.3) is 0 Å². The fraction of sp³-hybridized carbons (Fsp3) is 1.00. The highest BCUT2D eigenvalue weighted by Gasteiger charge is 2.28. The first-order valence-electron chi connectivity index (χ1n) is 6.93. The van der Waals surface area contributed by atoms with Crippen LogP contribution in [0.25, 0.3) is 0 Å². The Balaban J connectivity index is 1.66. The van der Waals surface area contributed by atoms with Gasteiger partial charge in [0.15, 0.2) is 0 Å². The van der Waals surface area contributed by atoms with Crippen molar-refractivity contribution in [2.75, 3.05) is 38.2 Å². The van der Waals surface area contributed by atoms with Gasteiger partial charge in [-0.1, -0.05) is 6.92 Å². The van der Waals surface area contributed by atoms with Gasteiger partial charge in [0.05, 0.1) is 12.2 Å². The van der Waals surface area contributed by atoms with Gasteiger partial charge in [0.2, 0.25) is 0 Å². The van der Waals surface area contributed by atoms with Crippen LogP contribution in [0.1, 0.15) is 26.2 Å². The van der Waals surface area contributed by atoms with Gasteiger partial charge in [-0.05, 0) is 38.6 Å². The van der Waals surface area contributed by atoms with E-state index in [4.69, 9.17) is 4.74 Å². The molecule has 4 heteroatoms. The normalized spacial score (nSPS) is 33.7. The lowest BCUT2D eigenvalue weighted by Crippen LogP contribution is -2.38. The third-order valence-electron chi connectivity index (χ3n) is 3.84. The molecule has 2 aliphatic rings. The average Bonchev–Trinajstić information content (AvgIpc) is 2.97. The van der Waals surface area contributed by atoms with Crippen LogP contribution >= 0.6 is 11.8 Å². The molecule has 3 unspecified atom stereocenters. The molecule has 0 bridgehead atoms. The van der Waals surface area contributed by atoms with Crippen molar-refractivity contribution in [3.8, 4) is 0 Å². The van der Waals surface area contributed by atoms with E-state index >= 15 is 0 Å². The van der Waals surface area contributed by atoms with E-state index in [1.165, 1.54) is 30.8 Å². The molecule has 2 fully saturated rings. The molecule has 0 amide bonds. The SMILES string of the molecule is CCNCC1CCC(CN(C)C2CCSC2)O1. The molecule has 100 valence electrons. The summed E-state index contributed by atoms with van der Waals surface area (Å²) < 4.78 is 6.08. The van der Waals surface area contributed by atoms with Gasteiger partial charge in [-0.25, -0.2) is 0 Å². The van der Waals surface area contributed by atoms with Gasteiger partial charge >= 0.3 is 0 Å². The maximum atomic E-state index is 6.08. The molecule has 0 aromatic heterocycles. The van der Waals surface area contributed by atoms with Crippen LogP contribution < -0.4 is 5.32 Å². The Morgan fingerprint density at radius 3 is 2.82 bits per heavy atom. The van der Waals surface area contributed by atoms with E-state index < -0.39 is 0 Å². The molecule has 3 nitrogen and oxygen atoms in total. The number of likely N-dealkylation sites (N-methyl/N-ethyl adjacent to an activating group) is 2. The summed E-state index contributed by atoms with van der Waals surface area (Å²) in [6.07, 6.45) is 4.74. The van der Waals surface area contributed by atoms with Crippen LogP contribution in [0.4, 0.5) is 0 Å². The van der Waals surface area contributed by atoms with Gasteiger partial charge in [-0.3, -0.25) is 4.90 Å². The van der Waals surface area contributed by atoms with E-state index in [2.05, 4.69) is 35.9 Å². The Labute approximate surface area is 110 Å². The highest BCUT2D eigenvalue weighted by Crippen LogP contribution is 2.24. The highest BCUT2D eigenvalue weighted by atomic mass is 32.2. The topological polar surface area (TPSA) is 24.5 Å². The number of nitrogens with zero attached hydrogens (tertiary/aromatic N) is 1. The predicted octanol–water partition coefficient (Wildman–Crippen LogP) is 1.58. The summed E-state index contributed by atoms with van der Waals surface area (Å²) in [7, 11) is 2.26. The Morgan fingerprint density at radius 2 is 2.12 bits per heavy atom. The minimum Gasteiger partial charge on any atom is -0.372 e. The number of hydrogen-bond donors (Lipinski definition) is 1. The monoisotopic (exact) mass is 258 g/mol. The Bertz CT molecular complexity index is 221. The fourth-order valence-electron chi connectivity index (χ4n) is 2.71. The molecule has 2 saturated heterocycles. The fourth-order valence-corrected chi connectivity index (χ4v) is 4.01. The largest absolute Gasteiger partial charge is 0.372 e. The summed E-state index contributed by atoms with van der Waals surface area (Å²) in [4.78, 5) is 2.51. The first-order valence-corrected chi connectivity index (χ1v) is 8.09. The number of thioether (sulfide) groups is 1.